The van der Waals surface area contributed by atoms with Crippen molar-refractivity contribution in [2.24, 2.45) is 0 Å². The summed E-state index contributed by atoms with van der Waals surface area (Å²) in [7, 11) is 0. The lowest BCUT2D eigenvalue weighted by Gasteiger charge is -2.31. The molecule has 1 aromatic rings. The predicted octanol–water partition coefficient (Wildman–Crippen LogP) is 3.71. The van der Waals surface area contributed by atoms with E-state index in [0.29, 0.717) is 5.56 Å². The van der Waals surface area contributed by atoms with Crippen LogP contribution in [0.2, 0.25) is 0 Å². The zero-order valence-corrected chi connectivity index (χ0v) is 12.6. The minimum absolute atomic E-state index is 0.163. The number of rotatable bonds is 2. The van der Waals surface area contributed by atoms with Gasteiger partial charge in [-0.2, -0.15) is 5.26 Å². The molecular weight excluding hydrogens is 304 g/mol. The zero-order chi connectivity index (χ0) is 13.9. The molecule has 0 bridgehead atoms. The van der Waals surface area contributed by atoms with Gasteiger partial charge in [0.15, 0.2) is 0 Å². The first-order valence-corrected chi connectivity index (χ1v) is 7.35. The molecule has 3 nitrogen and oxygen atoms in total. The van der Waals surface area contributed by atoms with Gasteiger partial charge in [-0.15, -0.1) is 0 Å². The van der Waals surface area contributed by atoms with Crippen molar-refractivity contribution in [3.63, 3.8) is 0 Å². The average molecular weight is 321 g/mol. The summed E-state index contributed by atoms with van der Waals surface area (Å²) >= 11 is 3.43. The minimum atomic E-state index is -0.674. The number of nitrogens with one attached hydrogen (secondary N) is 1. The summed E-state index contributed by atoms with van der Waals surface area (Å²) in [6.07, 6.45) is 4.66. The molecule has 0 heterocycles. The van der Waals surface area contributed by atoms with E-state index >= 15 is 0 Å². The smallest absolute Gasteiger partial charge is 0.252 e. The van der Waals surface area contributed by atoms with E-state index in [9.17, 15) is 10.1 Å². The summed E-state index contributed by atoms with van der Waals surface area (Å²) in [6.45, 7) is 1.98. The van der Waals surface area contributed by atoms with E-state index in [4.69, 9.17) is 0 Å². The lowest BCUT2D eigenvalue weighted by Crippen LogP contribution is -2.48. The zero-order valence-electron chi connectivity index (χ0n) is 11.0. The fourth-order valence-corrected chi connectivity index (χ4v) is 2.82. The van der Waals surface area contributed by atoms with Crippen LogP contribution in [0.1, 0.15) is 48.0 Å². The molecule has 1 fully saturated rings. The van der Waals surface area contributed by atoms with Crippen LogP contribution in [0, 0.1) is 18.3 Å². The van der Waals surface area contributed by atoms with Crippen LogP contribution in [0.25, 0.3) is 0 Å². The van der Waals surface area contributed by atoms with E-state index in [-0.39, 0.29) is 5.91 Å². The second kappa shape index (κ2) is 5.75. The number of carbonyl (C=O) groups is 1. The molecule has 2 rings (SSSR count). The first kappa shape index (κ1) is 14.1. The maximum absolute atomic E-state index is 12.3. The third kappa shape index (κ3) is 3.16. The van der Waals surface area contributed by atoms with Gasteiger partial charge >= 0.3 is 0 Å². The number of nitriles is 1. The van der Waals surface area contributed by atoms with E-state index in [1.807, 2.05) is 13.0 Å². The van der Waals surface area contributed by atoms with Crippen LogP contribution in [0.3, 0.4) is 0 Å². The van der Waals surface area contributed by atoms with Gasteiger partial charge < -0.3 is 5.32 Å². The Balaban J connectivity index is 2.15. The minimum Gasteiger partial charge on any atom is -0.334 e. The summed E-state index contributed by atoms with van der Waals surface area (Å²) in [4.78, 5) is 12.3. The maximum Gasteiger partial charge on any atom is 0.252 e. The molecule has 19 heavy (non-hydrogen) atoms. The molecule has 1 aromatic carbocycles. The highest BCUT2D eigenvalue weighted by Gasteiger charge is 2.33. The number of nitrogens with zero attached hydrogens (tertiary/aromatic N) is 1. The lowest BCUT2D eigenvalue weighted by molar-refractivity contribution is 0.0902. The summed E-state index contributed by atoms with van der Waals surface area (Å²) in [5.41, 5.74) is 1.01. The standard InChI is InChI=1S/C15H17BrN2O/c1-11-5-6-12(9-13(11)16)14(19)18-15(10-17)7-3-2-4-8-15/h5-6,9H,2-4,7-8H2,1H3,(H,18,19). The van der Waals surface area contributed by atoms with Gasteiger partial charge in [-0.05, 0) is 37.5 Å². The first-order valence-electron chi connectivity index (χ1n) is 6.56. The summed E-state index contributed by atoms with van der Waals surface area (Å²) in [5, 5.41) is 12.3. The molecule has 0 atom stereocenters. The lowest BCUT2D eigenvalue weighted by atomic mass is 9.82. The van der Waals surface area contributed by atoms with Crippen LogP contribution in [0.5, 0.6) is 0 Å². The summed E-state index contributed by atoms with van der Waals surface area (Å²) in [6, 6.07) is 7.80. The molecule has 0 aromatic heterocycles. The Morgan fingerprint density at radius 3 is 2.63 bits per heavy atom. The van der Waals surface area contributed by atoms with Crippen LogP contribution in [-0.4, -0.2) is 11.4 Å². The molecule has 1 aliphatic carbocycles. The number of carbonyl (C=O) groups excluding carboxylic acids is 1. The molecule has 100 valence electrons. The van der Waals surface area contributed by atoms with Crippen molar-refractivity contribution in [3.8, 4) is 6.07 Å². The van der Waals surface area contributed by atoms with Gasteiger partial charge in [-0.1, -0.05) is 41.3 Å². The normalized spacial score (nSPS) is 17.5. The van der Waals surface area contributed by atoms with Crippen molar-refractivity contribution in [1.29, 1.82) is 5.26 Å². The molecule has 0 radical (unpaired) electrons. The van der Waals surface area contributed by atoms with E-state index in [1.165, 1.54) is 0 Å². The topological polar surface area (TPSA) is 52.9 Å². The van der Waals surface area contributed by atoms with Crippen LogP contribution in [0.4, 0.5) is 0 Å². The Labute approximate surface area is 122 Å². The van der Waals surface area contributed by atoms with Crippen molar-refractivity contribution in [1.82, 2.24) is 5.32 Å². The van der Waals surface area contributed by atoms with E-state index in [2.05, 4.69) is 27.3 Å². The predicted molar refractivity (Wildman–Crippen MR) is 77.8 cm³/mol. The highest BCUT2D eigenvalue weighted by atomic mass is 79.9. The second-order valence-corrected chi connectivity index (χ2v) is 6.03. The number of amides is 1. The third-order valence-corrected chi connectivity index (χ3v) is 4.56. The molecule has 1 aliphatic rings. The molecule has 0 spiro atoms. The van der Waals surface area contributed by atoms with E-state index in [0.717, 1.165) is 42.1 Å². The molecular formula is C15H17BrN2O. The van der Waals surface area contributed by atoms with Gasteiger partial charge in [0, 0.05) is 10.0 Å². The van der Waals surface area contributed by atoms with Crippen molar-refractivity contribution >= 4 is 21.8 Å². The fourth-order valence-electron chi connectivity index (χ4n) is 2.44. The van der Waals surface area contributed by atoms with Gasteiger partial charge in [0.1, 0.15) is 5.54 Å². The molecule has 1 N–H and O–H groups in total. The quantitative estimate of drug-likeness (QED) is 0.903. The van der Waals surface area contributed by atoms with Gasteiger partial charge in [-0.25, -0.2) is 0 Å². The van der Waals surface area contributed by atoms with Crippen LogP contribution < -0.4 is 5.32 Å². The summed E-state index contributed by atoms with van der Waals surface area (Å²) < 4.78 is 0.912. The average Bonchev–Trinajstić information content (AvgIpc) is 2.43. The molecule has 1 saturated carbocycles. The van der Waals surface area contributed by atoms with Gasteiger partial charge in [0.05, 0.1) is 6.07 Å². The van der Waals surface area contributed by atoms with Crippen molar-refractivity contribution in [2.75, 3.05) is 0 Å². The number of halogens is 1. The Kier molecular flexibility index (Phi) is 4.26. The highest BCUT2D eigenvalue weighted by Crippen LogP contribution is 2.28. The number of hydrogen-bond donors (Lipinski definition) is 1. The third-order valence-electron chi connectivity index (χ3n) is 3.71. The van der Waals surface area contributed by atoms with Crippen molar-refractivity contribution in [2.45, 2.75) is 44.6 Å². The number of aryl methyl sites for hydroxylation is 1. The van der Waals surface area contributed by atoms with Crippen LogP contribution in [-0.2, 0) is 0 Å². The van der Waals surface area contributed by atoms with Crippen molar-refractivity contribution < 1.29 is 4.79 Å². The van der Waals surface area contributed by atoms with Gasteiger partial charge in [0.2, 0.25) is 0 Å². The summed E-state index contributed by atoms with van der Waals surface area (Å²) in [5.74, 6) is -0.163. The second-order valence-electron chi connectivity index (χ2n) is 5.17. The molecule has 4 heteroatoms. The Hall–Kier alpha value is -1.34. The van der Waals surface area contributed by atoms with Gasteiger partial charge in [0.25, 0.3) is 5.91 Å². The fraction of sp³-hybridized carbons (Fsp3) is 0.467. The molecule has 0 saturated heterocycles. The highest BCUT2D eigenvalue weighted by molar-refractivity contribution is 9.10. The number of hydrogen-bond acceptors (Lipinski definition) is 2. The SMILES string of the molecule is Cc1ccc(C(=O)NC2(C#N)CCCCC2)cc1Br. The number of benzene rings is 1. The Bertz CT molecular complexity index is 527. The van der Waals surface area contributed by atoms with Crippen LogP contribution in [0.15, 0.2) is 22.7 Å². The van der Waals surface area contributed by atoms with Gasteiger partial charge in [-0.3, -0.25) is 4.79 Å². The van der Waals surface area contributed by atoms with Crippen LogP contribution >= 0.6 is 15.9 Å². The Morgan fingerprint density at radius 2 is 2.05 bits per heavy atom. The monoisotopic (exact) mass is 320 g/mol. The Morgan fingerprint density at radius 1 is 1.37 bits per heavy atom. The largest absolute Gasteiger partial charge is 0.334 e. The maximum atomic E-state index is 12.3. The van der Waals surface area contributed by atoms with E-state index in [1.54, 1.807) is 12.1 Å². The molecule has 0 aliphatic heterocycles. The van der Waals surface area contributed by atoms with E-state index < -0.39 is 5.54 Å². The molecule has 0 unspecified atom stereocenters. The molecule has 1 amide bonds. The first-order chi connectivity index (χ1) is 9.06. The van der Waals surface area contributed by atoms with Crippen molar-refractivity contribution in [3.05, 3.63) is 33.8 Å².